The second-order valence-corrected chi connectivity index (χ2v) is 7.84. The van der Waals surface area contributed by atoms with E-state index in [1.807, 2.05) is 34.6 Å². The minimum Gasteiger partial charge on any atom is -0.398 e. The Balaban J connectivity index is 3.32. The maximum Gasteiger partial charge on any atom is 0.245 e. The number of benzene rings is 1. The number of aryl methyl sites for hydroxylation is 1. The molecule has 1 aromatic carbocycles. The lowest BCUT2D eigenvalue weighted by Crippen LogP contribution is -2.42. The summed E-state index contributed by atoms with van der Waals surface area (Å²) in [7, 11) is -3.56. The third-order valence-electron chi connectivity index (χ3n) is 3.65. The van der Waals surface area contributed by atoms with Gasteiger partial charge >= 0.3 is 0 Å². The van der Waals surface area contributed by atoms with Crippen molar-refractivity contribution in [1.29, 1.82) is 0 Å². The van der Waals surface area contributed by atoms with Gasteiger partial charge in [-0.3, -0.25) is 0 Å². The average molecular weight is 312 g/mol. The zero-order valence-electron chi connectivity index (χ0n) is 13.8. The highest BCUT2D eigenvalue weighted by atomic mass is 32.2. The summed E-state index contributed by atoms with van der Waals surface area (Å²) < 4.78 is 27.6. The van der Waals surface area contributed by atoms with Crippen molar-refractivity contribution in [1.82, 2.24) is 4.31 Å². The Morgan fingerprint density at radius 1 is 1.19 bits per heavy atom. The van der Waals surface area contributed by atoms with Crippen LogP contribution in [0.4, 0.5) is 5.69 Å². The van der Waals surface area contributed by atoms with Gasteiger partial charge in [0, 0.05) is 12.6 Å². The lowest BCUT2D eigenvalue weighted by Gasteiger charge is -2.31. The molecule has 0 spiro atoms. The number of rotatable bonds is 7. The van der Waals surface area contributed by atoms with E-state index in [-0.39, 0.29) is 16.9 Å². The van der Waals surface area contributed by atoms with E-state index in [1.54, 1.807) is 22.5 Å². The molecule has 0 heterocycles. The SMILES string of the molecule is CCC(CC)N(CC(C)C)S(=O)(=O)c1ccc(C)cc1N. The Labute approximate surface area is 129 Å². The molecule has 0 aliphatic carbocycles. The maximum atomic E-state index is 13.0. The zero-order chi connectivity index (χ0) is 16.2. The quantitative estimate of drug-likeness (QED) is 0.785. The molecule has 0 atom stereocenters. The standard InChI is InChI=1S/C16H28N2O2S/c1-6-14(7-2)18(11-12(3)4)21(19,20)16-9-8-13(5)10-15(16)17/h8-10,12,14H,6-7,11,17H2,1-5H3. The Kier molecular flexibility index (Phi) is 6.23. The number of hydrogen-bond acceptors (Lipinski definition) is 3. The summed E-state index contributed by atoms with van der Waals surface area (Å²) in [5.41, 5.74) is 7.24. The molecular formula is C16H28N2O2S. The van der Waals surface area contributed by atoms with Crippen LogP contribution in [0.2, 0.25) is 0 Å². The molecule has 0 aliphatic rings. The molecule has 1 aromatic rings. The third-order valence-corrected chi connectivity index (χ3v) is 5.64. The van der Waals surface area contributed by atoms with Gasteiger partial charge in [-0.1, -0.05) is 33.8 Å². The van der Waals surface area contributed by atoms with Crippen molar-refractivity contribution in [2.24, 2.45) is 5.92 Å². The molecule has 2 N–H and O–H groups in total. The molecule has 0 aromatic heterocycles. The van der Waals surface area contributed by atoms with Crippen molar-refractivity contribution in [3.63, 3.8) is 0 Å². The van der Waals surface area contributed by atoms with Crippen LogP contribution in [0, 0.1) is 12.8 Å². The number of anilines is 1. The Hall–Kier alpha value is -1.07. The molecule has 21 heavy (non-hydrogen) atoms. The first-order valence-corrected chi connectivity index (χ1v) is 9.05. The normalized spacial score (nSPS) is 12.6. The van der Waals surface area contributed by atoms with Crippen LogP contribution in [0.1, 0.15) is 46.1 Å². The smallest absolute Gasteiger partial charge is 0.245 e. The molecule has 0 aliphatic heterocycles. The zero-order valence-corrected chi connectivity index (χ0v) is 14.6. The van der Waals surface area contributed by atoms with Crippen LogP contribution in [0.15, 0.2) is 23.1 Å². The fraction of sp³-hybridized carbons (Fsp3) is 0.625. The predicted molar refractivity (Wildman–Crippen MR) is 88.7 cm³/mol. The van der Waals surface area contributed by atoms with E-state index < -0.39 is 10.0 Å². The van der Waals surface area contributed by atoms with Crippen molar-refractivity contribution in [3.8, 4) is 0 Å². The molecule has 0 radical (unpaired) electrons. The van der Waals surface area contributed by atoms with Gasteiger partial charge in [0.15, 0.2) is 0 Å². The first kappa shape index (κ1) is 18.0. The summed E-state index contributed by atoms with van der Waals surface area (Å²) in [5, 5.41) is 0. The monoisotopic (exact) mass is 312 g/mol. The summed E-state index contributed by atoms with van der Waals surface area (Å²) in [5.74, 6) is 0.270. The highest BCUT2D eigenvalue weighted by molar-refractivity contribution is 7.89. The molecule has 0 saturated carbocycles. The fourth-order valence-corrected chi connectivity index (χ4v) is 4.56. The number of nitrogens with zero attached hydrogens (tertiary/aromatic N) is 1. The molecular weight excluding hydrogens is 284 g/mol. The molecule has 0 saturated heterocycles. The number of nitrogens with two attached hydrogens (primary N) is 1. The number of hydrogen-bond donors (Lipinski definition) is 1. The van der Waals surface area contributed by atoms with Crippen molar-refractivity contribution in [2.75, 3.05) is 12.3 Å². The van der Waals surface area contributed by atoms with Gasteiger partial charge in [0.2, 0.25) is 10.0 Å². The second kappa shape index (κ2) is 7.27. The first-order chi connectivity index (χ1) is 9.73. The molecule has 0 unspecified atom stereocenters. The first-order valence-electron chi connectivity index (χ1n) is 7.61. The van der Waals surface area contributed by atoms with Crippen molar-refractivity contribution >= 4 is 15.7 Å². The Bertz CT molecular complexity index is 564. The molecule has 1 rings (SSSR count). The fourth-order valence-electron chi connectivity index (χ4n) is 2.53. The van der Waals surface area contributed by atoms with E-state index in [9.17, 15) is 8.42 Å². The summed E-state index contributed by atoms with van der Waals surface area (Å²) >= 11 is 0. The van der Waals surface area contributed by atoms with Crippen LogP contribution < -0.4 is 5.73 Å². The van der Waals surface area contributed by atoms with Crippen LogP contribution in [0.3, 0.4) is 0 Å². The summed E-state index contributed by atoms with van der Waals surface area (Å²) in [4.78, 5) is 0.223. The Morgan fingerprint density at radius 2 is 1.76 bits per heavy atom. The van der Waals surface area contributed by atoms with E-state index >= 15 is 0 Å². The molecule has 0 bridgehead atoms. The molecule has 0 fully saturated rings. The minimum atomic E-state index is -3.56. The van der Waals surface area contributed by atoms with Crippen molar-refractivity contribution in [3.05, 3.63) is 23.8 Å². The van der Waals surface area contributed by atoms with E-state index in [0.717, 1.165) is 18.4 Å². The van der Waals surface area contributed by atoms with Crippen LogP contribution in [-0.4, -0.2) is 25.3 Å². The average Bonchev–Trinajstić information content (AvgIpc) is 2.38. The summed E-state index contributed by atoms with van der Waals surface area (Å²) in [6, 6.07) is 5.14. The lowest BCUT2D eigenvalue weighted by atomic mass is 10.1. The number of nitrogen functional groups attached to an aromatic ring is 1. The van der Waals surface area contributed by atoms with Crippen molar-refractivity contribution in [2.45, 2.75) is 58.4 Å². The predicted octanol–water partition coefficient (Wildman–Crippen LogP) is 3.41. The van der Waals surface area contributed by atoms with Gasteiger partial charge < -0.3 is 5.73 Å². The van der Waals surface area contributed by atoms with Crippen LogP contribution in [0.25, 0.3) is 0 Å². The van der Waals surface area contributed by atoms with E-state index in [1.165, 1.54) is 0 Å². The lowest BCUT2D eigenvalue weighted by molar-refractivity contribution is 0.277. The topological polar surface area (TPSA) is 63.4 Å². The second-order valence-electron chi connectivity index (χ2n) is 5.98. The third kappa shape index (κ3) is 4.20. The van der Waals surface area contributed by atoms with Gasteiger partial charge in [0.05, 0.1) is 5.69 Å². The Morgan fingerprint density at radius 3 is 2.19 bits per heavy atom. The van der Waals surface area contributed by atoms with Gasteiger partial charge in [-0.05, 0) is 43.4 Å². The van der Waals surface area contributed by atoms with Crippen LogP contribution in [0.5, 0.6) is 0 Å². The highest BCUT2D eigenvalue weighted by Crippen LogP contribution is 2.27. The molecule has 0 amide bonds. The van der Waals surface area contributed by atoms with Gasteiger partial charge in [-0.2, -0.15) is 4.31 Å². The number of sulfonamides is 1. The van der Waals surface area contributed by atoms with Gasteiger partial charge in [0.25, 0.3) is 0 Å². The van der Waals surface area contributed by atoms with Gasteiger partial charge in [0.1, 0.15) is 4.90 Å². The largest absolute Gasteiger partial charge is 0.398 e. The van der Waals surface area contributed by atoms with Crippen molar-refractivity contribution < 1.29 is 8.42 Å². The summed E-state index contributed by atoms with van der Waals surface area (Å²) in [6.07, 6.45) is 1.60. The van der Waals surface area contributed by atoms with Gasteiger partial charge in [-0.25, -0.2) is 8.42 Å². The van der Waals surface area contributed by atoms with Crippen LogP contribution >= 0.6 is 0 Å². The summed E-state index contributed by atoms with van der Waals surface area (Å²) in [6.45, 7) is 10.5. The van der Waals surface area contributed by atoms with E-state index in [4.69, 9.17) is 5.73 Å². The molecule has 120 valence electrons. The minimum absolute atomic E-state index is 0.0121. The van der Waals surface area contributed by atoms with E-state index in [2.05, 4.69) is 0 Å². The molecule has 5 heteroatoms. The van der Waals surface area contributed by atoms with Crippen LogP contribution in [-0.2, 0) is 10.0 Å². The van der Waals surface area contributed by atoms with E-state index in [0.29, 0.717) is 12.2 Å². The van der Waals surface area contributed by atoms with Gasteiger partial charge in [-0.15, -0.1) is 0 Å². The molecule has 4 nitrogen and oxygen atoms in total. The highest BCUT2D eigenvalue weighted by Gasteiger charge is 2.31. The maximum absolute atomic E-state index is 13.0.